The van der Waals surface area contributed by atoms with Gasteiger partial charge in [-0.15, -0.1) is 0 Å². The first-order valence-corrected chi connectivity index (χ1v) is 5.34. The third kappa shape index (κ3) is 1.43. The van der Waals surface area contributed by atoms with Crippen molar-refractivity contribution in [2.24, 2.45) is 0 Å². The van der Waals surface area contributed by atoms with E-state index in [9.17, 15) is 0 Å². The highest BCUT2D eigenvalue weighted by atomic mass is 35.5. The van der Waals surface area contributed by atoms with E-state index in [4.69, 9.17) is 20.8 Å². The molecule has 0 spiro atoms. The van der Waals surface area contributed by atoms with Gasteiger partial charge >= 0.3 is 5.97 Å². The average Bonchev–Trinajstić information content (AvgIpc) is 2.46. The van der Waals surface area contributed by atoms with E-state index >= 15 is 0 Å². The van der Waals surface area contributed by atoms with Gasteiger partial charge in [-0.05, 0) is 22.9 Å². The van der Waals surface area contributed by atoms with Gasteiger partial charge in [0.2, 0.25) is 0 Å². The largest absolute Gasteiger partial charge is 0.668 e. The first-order chi connectivity index (χ1) is 7.14. The highest BCUT2D eigenvalue weighted by molar-refractivity contribution is 7.13. The molecule has 0 atom stereocenters. The molecule has 0 unspecified atom stereocenters. The second-order valence-corrected chi connectivity index (χ2v) is 4.64. The molecule has 0 radical (unpaired) electrons. The van der Waals surface area contributed by atoms with Crippen LogP contribution in [0.5, 0.6) is 11.5 Å². The van der Waals surface area contributed by atoms with Crippen LogP contribution < -0.4 is 9.31 Å². The van der Waals surface area contributed by atoms with Crippen LogP contribution in [-0.2, 0) is 0 Å². The number of fused-ring (bicyclic) bond motifs is 2. The van der Waals surface area contributed by atoms with Crippen LogP contribution in [-0.4, -0.2) is 5.97 Å². The van der Waals surface area contributed by atoms with E-state index in [1.165, 1.54) is 0 Å². The molecule has 1 aliphatic rings. The third-order valence-corrected chi connectivity index (χ3v) is 2.67. The molecule has 0 fully saturated rings. The van der Waals surface area contributed by atoms with Gasteiger partial charge in [0.25, 0.3) is 0 Å². The van der Waals surface area contributed by atoms with Crippen LogP contribution in [0.3, 0.4) is 0 Å². The van der Waals surface area contributed by atoms with Crippen LogP contribution in [0.2, 0.25) is 6.82 Å². The number of hydrogen-bond donors (Lipinski definition) is 0. The fraction of sp³-hybridized carbons (Fsp3) is 0.0909. The SMILES string of the molecule is C[B-]1(Cl)Oc2cc3ccccc3cc2O1. The van der Waals surface area contributed by atoms with Crippen molar-refractivity contribution in [3.63, 3.8) is 0 Å². The lowest BCUT2D eigenvalue weighted by atomic mass is 9.94. The molecular formula is C11H9BClO2-. The van der Waals surface area contributed by atoms with Gasteiger partial charge in [-0.3, -0.25) is 11.5 Å². The first-order valence-electron chi connectivity index (χ1n) is 4.91. The van der Waals surface area contributed by atoms with E-state index in [-0.39, 0.29) is 0 Å². The Kier molecular flexibility index (Phi) is 1.68. The highest BCUT2D eigenvalue weighted by Gasteiger charge is 2.29. The molecule has 1 heterocycles. The summed E-state index contributed by atoms with van der Waals surface area (Å²) < 4.78 is 11.0. The van der Waals surface area contributed by atoms with Crippen molar-refractivity contribution in [2.45, 2.75) is 6.82 Å². The minimum atomic E-state index is -1.70. The van der Waals surface area contributed by atoms with Crippen LogP contribution in [0.4, 0.5) is 0 Å². The van der Waals surface area contributed by atoms with Crippen molar-refractivity contribution in [1.82, 2.24) is 0 Å². The molecule has 2 aromatic rings. The van der Waals surface area contributed by atoms with Crippen LogP contribution in [0, 0.1) is 0 Å². The van der Waals surface area contributed by atoms with Gasteiger partial charge in [-0.25, -0.2) is 0 Å². The molecule has 15 heavy (non-hydrogen) atoms. The maximum atomic E-state index is 6.02. The maximum Gasteiger partial charge on any atom is 0.435 e. The summed E-state index contributed by atoms with van der Waals surface area (Å²) >= 11 is 6.02. The Balaban J connectivity index is 2.23. The Hall–Kier alpha value is -1.35. The number of benzene rings is 2. The van der Waals surface area contributed by atoms with Crippen LogP contribution in [0.1, 0.15) is 0 Å². The minimum Gasteiger partial charge on any atom is -0.668 e. The molecule has 0 saturated carbocycles. The molecule has 2 nitrogen and oxygen atoms in total. The summed E-state index contributed by atoms with van der Waals surface area (Å²) in [5.74, 6) is -0.245. The van der Waals surface area contributed by atoms with Gasteiger partial charge in [-0.1, -0.05) is 31.1 Å². The zero-order valence-electron chi connectivity index (χ0n) is 8.24. The van der Waals surface area contributed by atoms with E-state index in [1.807, 2.05) is 36.4 Å². The van der Waals surface area contributed by atoms with Gasteiger partial charge < -0.3 is 9.31 Å². The van der Waals surface area contributed by atoms with Gasteiger partial charge in [0.05, 0.1) is 0 Å². The molecular weight excluding hydrogens is 210 g/mol. The summed E-state index contributed by atoms with van der Waals surface area (Å²) in [5.41, 5.74) is 0. The van der Waals surface area contributed by atoms with E-state index in [2.05, 4.69) is 0 Å². The normalized spacial score (nSPS) is 16.9. The summed E-state index contributed by atoms with van der Waals surface area (Å²) in [7, 11) is 0. The lowest BCUT2D eigenvalue weighted by Crippen LogP contribution is -2.33. The average molecular weight is 219 g/mol. The van der Waals surface area contributed by atoms with Crippen molar-refractivity contribution < 1.29 is 9.31 Å². The molecule has 1 aliphatic heterocycles. The Morgan fingerprint density at radius 1 is 1.00 bits per heavy atom. The van der Waals surface area contributed by atoms with Crippen molar-refractivity contribution in [1.29, 1.82) is 0 Å². The molecule has 0 amide bonds. The van der Waals surface area contributed by atoms with E-state index in [1.54, 1.807) is 6.82 Å². The quantitative estimate of drug-likeness (QED) is 0.632. The predicted molar refractivity (Wildman–Crippen MR) is 62.7 cm³/mol. The number of halogens is 1. The van der Waals surface area contributed by atoms with Gasteiger partial charge in [0.15, 0.2) is 0 Å². The fourth-order valence-electron chi connectivity index (χ4n) is 1.86. The van der Waals surface area contributed by atoms with E-state index < -0.39 is 5.97 Å². The molecule has 2 aromatic carbocycles. The molecule has 0 saturated heterocycles. The van der Waals surface area contributed by atoms with E-state index in [0.717, 1.165) is 22.3 Å². The highest BCUT2D eigenvalue weighted by Crippen LogP contribution is 2.41. The topological polar surface area (TPSA) is 18.5 Å². The zero-order valence-corrected chi connectivity index (χ0v) is 8.99. The van der Waals surface area contributed by atoms with Crippen molar-refractivity contribution >= 4 is 28.2 Å². The van der Waals surface area contributed by atoms with Gasteiger partial charge in [-0.2, -0.15) is 0 Å². The van der Waals surface area contributed by atoms with Crippen LogP contribution in [0.15, 0.2) is 36.4 Å². The molecule has 3 rings (SSSR count). The summed E-state index contributed by atoms with van der Waals surface area (Å²) in [6.07, 6.45) is 0. The molecule has 4 heteroatoms. The lowest BCUT2D eigenvalue weighted by Gasteiger charge is -2.22. The van der Waals surface area contributed by atoms with Crippen molar-refractivity contribution in [3.05, 3.63) is 36.4 Å². The second kappa shape index (κ2) is 2.83. The fourth-order valence-corrected chi connectivity index (χ4v) is 2.05. The lowest BCUT2D eigenvalue weighted by molar-refractivity contribution is 0.496. The monoisotopic (exact) mass is 219 g/mol. The summed E-state index contributed by atoms with van der Waals surface area (Å²) in [5, 5.41) is 2.26. The molecule has 0 aliphatic carbocycles. The standard InChI is InChI=1S/C11H9BClO2/c1-12(13)14-10-6-8-4-2-3-5-9(8)7-11(10)15-12/h2-7H,1H3/q-1. The summed E-state index contributed by atoms with van der Waals surface area (Å²) in [6.45, 7) is 1.74. The van der Waals surface area contributed by atoms with Crippen molar-refractivity contribution in [2.75, 3.05) is 0 Å². The Morgan fingerprint density at radius 3 is 1.93 bits per heavy atom. The molecule has 0 aromatic heterocycles. The molecule has 0 bridgehead atoms. The number of rotatable bonds is 0. The number of hydrogen-bond acceptors (Lipinski definition) is 2. The zero-order chi connectivity index (χ0) is 10.5. The molecule has 76 valence electrons. The summed E-state index contributed by atoms with van der Waals surface area (Å²) in [4.78, 5) is 0. The van der Waals surface area contributed by atoms with Crippen LogP contribution in [0.25, 0.3) is 10.8 Å². The molecule has 0 N–H and O–H groups in total. The Bertz CT molecular complexity index is 493. The van der Waals surface area contributed by atoms with Gasteiger partial charge in [0.1, 0.15) is 11.5 Å². The Labute approximate surface area is 92.6 Å². The van der Waals surface area contributed by atoms with Gasteiger partial charge in [0, 0.05) is 0 Å². The second-order valence-electron chi connectivity index (χ2n) is 3.85. The smallest absolute Gasteiger partial charge is 0.435 e. The predicted octanol–water partition coefficient (Wildman–Crippen LogP) is 3.42. The third-order valence-electron chi connectivity index (χ3n) is 2.49. The van der Waals surface area contributed by atoms with Crippen molar-refractivity contribution in [3.8, 4) is 11.5 Å². The minimum absolute atomic E-state index is 0.728. The summed E-state index contributed by atoms with van der Waals surface area (Å²) in [6, 6.07) is 12.0. The first kappa shape index (κ1) is 8.92. The van der Waals surface area contributed by atoms with Crippen LogP contribution >= 0.6 is 11.5 Å². The maximum absolute atomic E-state index is 6.02. The Morgan fingerprint density at radius 2 is 1.47 bits per heavy atom. The van der Waals surface area contributed by atoms with E-state index in [0.29, 0.717) is 0 Å².